The van der Waals surface area contributed by atoms with Crippen LogP contribution in [0.25, 0.3) is 0 Å². The van der Waals surface area contributed by atoms with Crippen molar-refractivity contribution < 1.29 is 13.9 Å². The number of halogens is 2. The number of hydrogen-bond donors (Lipinski definition) is 3. The number of aliphatic hydroxyl groups is 1. The van der Waals surface area contributed by atoms with Crippen molar-refractivity contribution in [3.8, 4) is 0 Å². The second-order valence-electron chi connectivity index (χ2n) is 4.78. The molecule has 0 saturated carbocycles. The number of anilines is 2. The molecular formula is C12H20F2N4O3. The van der Waals surface area contributed by atoms with Gasteiger partial charge in [0.25, 0.3) is 11.5 Å². The highest BCUT2D eigenvalue weighted by molar-refractivity contribution is 5.60. The maximum atomic E-state index is 13.1. The number of nitrogens with two attached hydrogens (primary N) is 1. The van der Waals surface area contributed by atoms with Gasteiger partial charge in [-0.3, -0.25) is 13.9 Å². The fourth-order valence-electron chi connectivity index (χ4n) is 1.76. The minimum atomic E-state index is -3.39. The molecule has 0 saturated heterocycles. The van der Waals surface area contributed by atoms with E-state index in [9.17, 15) is 18.4 Å². The van der Waals surface area contributed by atoms with Gasteiger partial charge in [0, 0.05) is 13.6 Å². The molecule has 9 heteroatoms. The lowest BCUT2D eigenvalue weighted by Crippen LogP contribution is -2.42. The van der Waals surface area contributed by atoms with E-state index in [0.717, 1.165) is 11.0 Å². The fraction of sp³-hybridized carbons (Fsp3) is 0.667. The Morgan fingerprint density at radius 1 is 1.38 bits per heavy atom. The molecule has 0 aliphatic heterocycles. The third kappa shape index (κ3) is 3.81. The van der Waals surface area contributed by atoms with E-state index in [1.807, 2.05) is 6.92 Å². The highest BCUT2D eigenvalue weighted by Gasteiger charge is 2.28. The maximum absolute atomic E-state index is 13.1. The van der Waals surface area contributed by atoms with Gasteiger partial charge < -0.3 is 16.2 Å². The van der Waals surface area contributed by atoms with Crippen molar-refractivity contribution in [1.82, 2.24) is 9.13 Å². The van der Waals surface area contributed by atoms with E-state index >= 15 is 0 Å². The van der Waals surface area contributed by atoms with E-state index in [4.69, 9.17) is 10.8 Å². The SMILES string of the molecule is CCCCn1c(N)c(NCC(F)(F)CO)c(=O)n(C)c1=O. The number of nitrogens with zero attached hydrogens (tertiary/aromatic N) is 2. The molecule has 0 aliphatic rings. The summed E-state index contributed by atoms with van der Waals surface area (Å²) >= 11 is 0. The molecule has 7 nitrogen and oxygen atoms in total. The summed E-state index contributed by atoms with van der Waals surface area (Å²) in [7, 11) is 1.25. The summed E-state index contributed by atoms with van der Waals surface area (Å²) in [5, 5.41) is 10.7. The Bertz CT molecular complexity index is 610. The van der Waals surface area contributed by atoms with E-state index in [1.165, 1.54) is 11.6 Å². The van der Waals surface area contributed by atoms with Crippen molar-refractivity contribution in [2.75, 3.05) is 24.2 Å². The zero-order valence-electron chi connectivity index (χ0n) is 12.0. The second-order valence-corrected chi connectivity index (χ2v) is 4.78. The van der Waals surface area contributed by atoms with Crippen LogP contribution in [0.2, 0.25) is 0 Å². The molecule has 0 bridgehead atoms. The first-order valence-corrected chi connectivity index (χ1v) is 6.57. The van der Waals surface area contributed by atoms with Crippen LogP contribution in [0.4, 0.5) is 20.3 Å². The number of aliphatic hydroxyl groups excluding tert-OH is 1. The second kappa shape index (κ2) is 6.70. The number of rotatable bonds is 7. The average molecular weight is 306 g/mol. The van der Waals surface area contributed by atoms with E-state index in [0.29, 0.717) is 13.0 Å². The Kier molecular flexibility index (Phi) is 5.47. The van der Waals surface area contributed by atoms with Gasteiger partial charge in [0.2, 0.25) is 0 Å². The molecule has 0 atom stereocenters. The molecule has 0 radical (unpaired) electrons. The molecule has 120 valence electrons. The van der Waals surface area contributed by atoms with Crippen molar-refractivity contribution >= 4 is 11.5 Å². The molecule has 0 amide bonds. The van der Waals surface area contributed by atoms with Gasteiger partial charge in [0.1, 0.15) is 18.1 Å². The third-order valence-corrected chi connectivity index (χ3v) is 3.07. The predicted octanol–water partition coefficient (Wildman–Crippen LogP) is -0.0312. The summed E-state index contributed by atoms with van der Waals surface area (Å²) in [6, 6.07) is 0. The largest absolute Gasteiger partial charge is 0.390 e. The lowest BCUT2D eigenvalue weighted by molar-refractivity contribution is -0.0373. The first-order valence-electron chi connectivity index (χ1n) is 6.57. The van der Waals surface area contributed by atoms with E-state index < -0.39 is 30.3 Å². The number of hydrogen-bond acceptors (Lipinski definition) is 5. The maximum Gasteiger partial charge on any atom is 0.332 e. The van der Waals surface area contributed by atoms with Gasteiger partial charge >= 0.3 is 5.69 Å². The van der Waals surface area contributed by atoms with Gasteiger partial charge in [-0.25, -0.2) is 13.6 Å². The molecule has 1 heterocycles. The van der Waals surface area contributed by atoms with Crippen molar-refractivity contribution in [3.63, 3.8) is 0 Å². The van der Waals surface area contributed by atoms with Crippen molar-refractivity contribution in [1.29, 1.82) is 0 Å². The number of nitrogens with one attached hydrogen (secondary N) is 1. The predicted molar refractivity (Wildman–Crippen MR) is 75.8 cm³/mol. The van der Waals surface area contributed by atoms with Crippen LogP contribution in [0.5, 0.6) is 0 Å². The van der Waals surface area contributed by atoms with E-state index in [2.05, 4.69) is 5.32 Å². The Hall–Kier alpha value is -1.90. The molecule has 0 aromatic carbocycles. The highest BCUT2D eigenvalue weighted by Crippen LogP contribution is 2.16. The zero-order chi connectivity index (χ0) is 16.2. The molecule has 0 fully saturated rings. The monoisotopic (exact) mass is 306 g/mol. The normalized spacial score (nSPS) is 11.7. The smallest absolute Gasteiger partial charge is 0.332 e. The number of unbranched alkanes of at least 4 members (excludes halogenated alkanes) is 1. The number of alkyl halides is 2. The van der Waals surface area contributed by atoms with Crippen LogP contribution in [-0.4, -0.2) is 33.3 Å². The van der Waals surface area contributed by atoms with Crippen LogP contribution in [0.3, 0.4) is 0 Å². The zero-order valence-corrected chi connectivity index (χ0v) is 12.0. The quantitative estimate of drug-likeness (QED) is 0.656. The minimum Gasteiger partial charge on any atom is -0.390 e. The Morgan fingerprint density at radius 2 is 2.00 bits per heavy atom. The average Bonchev–Trinajstić information content (AvgIpc) is 2.45. The van der Waals surface area contributed by atoms with Gasteiger partial charge in [-0.05, 0) is 6.42 Å². The third-order valence-electron chi connectivity index (χ3n) is 3.07. The van der Waals surface area contributed by atoms with Crippen LogP contribution in [-0.2, 0) is 13.6 Å². The minimum absolute atomic E-state index is 0.176. The Morgan fingerprint density at radius 3 is 2.52 bits per heavy atom. The topological polar surface area (TPSA) is 102 Å². The van der Waals surface area contributed by atoms with Crippen molar-refractivity contribution in [2.24, 2.45) is 7.05 Å². The first-order chi connectivity index (χ1) is 9.75. The van der Waals surface area contributed by atoms with Crippen LogP contribution in [0.1, 0.15) is 19.8 Å². The summed E-state index contributed by atoms with van der Waals surface area (Å²) in [6.07, 6.45) is 1.47. The molecule has 4 N–H and O–H groups in total. The van der Waals surface area contributed by atoms with Crippen LogP contribution in [0, 0.1) is 0 Å². The van der Waals surface area contributed by atoms with Crippen molar-refractivity contribution in [2.45, 2.75) is 32.2 Å². The molecule has 0 unspecified atom stereocenters. The lowest BCUT2D eigenvalue weighted by atomic mass is 10.3. The molecule has 1 aromatic rings. The van der Waals surface area contributed by atoms with E-state index in [-0.39, 0.29) is 11.5 Å². The fourth-order valence-corrected chi connectivity index (χ4v) is 1.76. The van der Waals surface area contributed by atoms with Gasteiger partial charge in [0.15, 0.2) is 0 Å². The lowest BCUT2D eigenvalue weighted by Gasteiger charge is -2.18. The van der Waals surface area contributed by atoms with Gasteiger partial charge in [-0.2, -0.15) is 0 Å². The molecule has 21 heavy (non-hydrogen) atoms. The number of nitrogen functional groups attached to an aromatic ring is 1. The summed E-state index contributed by atoms with van der Waals surface area (Å²) in [4.78, 5) is 23.9. The summed E-state index contributed by atoms with van der Waals surface area (Å²) < 4.78 is 28.1. The summed E-state index contributed by atoms with van der Waals surface area (Å²) in [6.45, 7) is -0.0882. The molecule has 1 rings (SSSR count). The Labute approximate surface area is 120 Å². The van der Waals surface area contributed by atoms with Crippen molar-refractivity contribution in [3.05, 3.63) is 20.8 Å². The summed E-state index contributed by atoms with van der Waals surface area (Å²) in [5.74, 6) is -3.56. The van der Waals surface area contributed by atoms with Gasteiger partial charge in [-0.1, -0.05) is 13.3 Å². The highest BCUT2D eigenvalue weighted by atomic mass is 19.3. The number of aromatic nitrogens is 2. The molecular weight excluding hydrogens is 286 g/mol. The Balaban J connectivity index is 3.23. The van der Waals surface area contributed by atoms with Gasteiger partial charge in [-0.15, -0.1) is 0 Å². The first kappa shape index (κ1) is 17.2. The standard InChI is InChI=1S/C12H20F2N4O3/c1-3-4-5-18-9(15)8(10(20)17(2)11(18)21)16-6-12(13,14)7-19/h16,19H,3-7,15H2,1-2H3. The molecule has 0 aliphatic carbocycles. The molecule has 1 aromatic heterocycles. The van der Waals surface area contributed by atoms with E-state index in [1.54, 1.807) is 0 Å². The van der Waals surface area contributed by atoms with Gasteiger partial charge in [0.05, 0.1) is 6.54 Å². The molecule has 0 spiro atoms. The van der Waals surface area contributed by atoms with Crippen LogP contribution < -0.4 is 22.3 Å². The summed E-state index contributed by atoms with van der Waals surface area (Å²) in [5.41, 5.74) is 4.11. The van der Waals surface area contributed by atoms with Crippen LogP contribution in [0.15, 0.2) is 9.59 Å². The van der Waals surface area contributed by atoms with Crippen LogP contribution >= 0.6 is 0 Å².